The summed E-state index contributed by atoms with van der Waals surface area (Å²) in [5.74, 6) is 0.812. The van der Waals surface area contributed by atoms with Crippen molar-refractivity contribution < 1.29 is 4.74 Å². The van der Waals surface area contributed by atoms with Gasteiger partial charge in [-0.1, -0.05) is 11.6 Å². The number of benzene rings is 1. The van der Waals surface area contributed by atoms with E-state index in [1.807, 2.05) is 19.1 Å². The van der Waals surface area contributed by atoms with Gasteiger partial charge < -0.3 is 4.74 Å². The summed E-state index contributed by atoms with van der Waals surface area (Å²) in [6.45, 7) is 1.94. The summed E-state index contributed by atoms with van der Waals surface area (Å²) in [5.41, 5.74) is 1.02. The molecule has 0 aliphatic carbocycles. The van der Waals surface area contributed by atoms with Crippen molar-refractivity contribution in [2.45, 2.75) is 6.92 Å². The molecule has 60 valence electrons. The minimum Gasteiger partial charge on any atom is -0.496 e. The quantitative estimate of drug-likeness (QED) is 0.725. The molecule has 11 heavy (non-hydrogen) atoms. The van der Waals surface area contributed by atoms with E-state index in [-0.39, 0.29) is 0 Å². The van der Waals surface area contributed by atoms with Crippen molar-refractivity contribution in [1.29, 1.82) is 0 Å². The molecule has 0 bridgehead atoms. The number of aryl methyl sites for hydroxylation is 1. The van der Waals surface area contributed by atoms with Gasteiger partial charge in [0.05, 0.1) is 11.6 Å². The molecule has 0 fully saturated rings. The molecule has 3 heteroatoms. The predicted molar refractivity (Wildman–Crippen MR) is 50.4 cm³/mol. The van der Waals surface area contributed by atoms with Crippen molar-refractivity contribution >= 4 is 27.5 Å². The second kappa shape index (κ2) is 3.46. The molecule has 0 aromatic heterocycles. The van der Waals surface area contributed by atoms with E-state index in [0.717, 1.165) is 20.8 Å². The van der Waals surface area contributed by atoms with Crippen molar-refractivity contribution in [3.63, 3.8) is 0 Å². The summed E-state index contributed by atoms with van der Waals surface area (Å²) in [5, 5.41) is 0.748. The van der Waals surface area contributed by atoms with Crippen LogP contribution in [0.5, 0.6) is 5.75 Å². The first-order valence-corrected chi connectivity index (χ1v) is 4.32. The molecule has 0 amide bonds. The number of ether oxygens (including phenoxy) is 1. The molecule has 0 atom stereocenters. The second-order valence-corrected chi connectivity index (χ2v) is 3.50. The lowest BCUT2D eigenvalue weighted by molar-refractivity contribution is 0.412. The van der Waals surface area contributed by atoms with Gasteiger partial charge in [0.25, 0.3) is 0 Å². The van der Waals surface area contributed by atoms with Gasteiger partial charge in [0.15, 0.2) is 0 Å². The maximum Gasteiger partial charge on any atom is 0.133 e. The van der Waals surface area contributed by atoms with Crippen LogP contribution >= 0.6 is 27.5 Å². The normalized spacial score (nSPS) is 9.82. The highest BCUT2D eigenvalue weighted by Crippen LogP contribution is 2.30. The third kappa shape index (κ3) is 1.88. The third-order valence-corrected chi connectivity index (χ3v) is 2.46. The molecule has 0 saturated heterocycles. The summed E-state index contributed by atoms with van der Waals surface area (Å²) in [6, 6.07) is 3.72. The number of hydrogen-bond donors (Lipinski definition) is 0. The Hall–Kier alpha value is -0.210. The van der Waals surface area contributed by atoms with Crippen LogP contribution in [0.25, 0.3) is 0 Å². The Morgan fingerprint density at radius 3 is 2.64 bits per heavy atom. The number of hydrogen-bond acceptors (Lipinski definition) is 1. The molecule has 0 aliphatic heterocycles. The Bertz CT molecular complexity index is 273. The minimum atomic E-state index is 0.748. The number of methoxy groups -OCH3 is 1. The highest BCUT2D eigenvalue weighted by Gasteiger charge is 2.02. The van der Waals surface area contributed by atoms with E-state index in [1.165, 1.54) is 0 Å². The van der Waals surface area contributed by atoms with E-state index >= 15 is 0 Å². The first-order valence-electron chi connectivity index (χ1n) is 3.15. The van der Waals surface area contributed by atoms with Crippen LogP contribution in [0.1, 0.15) is 5.56 Å². The van der Waals surface area contributed by atoms with Gasteiger partial charge in [-0.3, -0.25) is 0 Å². The Labute approximate surface area is 79.4 Å². The lowest BCUT2D eigenvalue weighted by Gasteiger charge is -2.05. The average molecular weight is 236 g/mol. The van der Waals surface area contributed by atoms with Crippen LogP contribution in [0.2, 0.25) is 5.02 Å². The second-order valence-electron chi connectivity index (χ2n) is 2.24. The summed E-state index contributed by atoms with van der Waals surface area (Å²) >= 11 is 9.19. The highest BCUT2D eigenvalue weighted by molar-refractivity contribution is 9.10. The van der Waals surface area contributed by atoms with E-state index in [9.17, 15) is 0 Å². The fourth-order valence-electron chi connectivity index (χ4n) is 0.787. The minimum absolute atomic E-state index is 0.748. The topological polar surface area (TPSA) is 9.23 Å². The molecule has 0 saturated carbocycles. The van der Waals surface area contributed by atoms with Gasteiger partial charge in [-0.15, -0.1) is 0 Å². The van der Waals surface area contributed by atoms with Crippen molar-refractivity contribution in [2.75, 3.05) is 7.11 Å². The van der Waals surface area contributed by atoms with Gasteiger partial charge in [0, 0.05) is 5.02 Å². The molecular weight excluding hydrogens is 227 g/mol. The Kier molecular flexibility index (Phi) is 2.79. The van der Waals surface area contributed by atoms with Crippen LogP contribution in [0.3, 0.4) is 0 Å². The van der Waals surface area contributed by atoms with E-state index in [0.29, 0.717) is 0 Å². The molecular formula is C8H8BrClO. The molecule has 0 unspecified atom stereocenters. The molecule has 1 aromatic rings. The maximum absolute atomic E-state index is 5.86. The molecule has 0 heterocycles. The molecule has 0 spiro atoms. The molecule has 1 aromatic carbocycles. The van der Waals surface area contributed by atoms with Gasteiger partial charge >= 0.3 is 0 Å². The largest absolute Gasteiger partial charge is 0.496 e. The summed E-state index contributed by atoms with van der Waals surface area (Å²) < 4.78 is 5.96. The zero-order valence-corrected chi connectivity index (χ0v) is 8.66. The van der Waals surface area contributed by atoms with E-state index in [4.69, 9.17) is 16.3 Å². The molecule has 0 radical (unpaired) electrons. The Morgan fingerprint density at radius 2 is 2.09 bits per heavy atom. The summed E-state index contributed by atoms with van der Waals surface area (Å²) in [7, 11) is 1.63. The SMILES string of the molecule is COc1cc(C)c(Cl)cc1Br. The van der Waals surface area contributed by atoms with Crippen molar-refractivity contribution in [3.8, 4) is 5.75 Å². The highest BCUT2D eigenvalue weighted by atomic mass is 79.9. The number of rotatable bonds is 1. The number of halogens is 2. The van der Waals surface area contributed by atoms with E-state index in [2.05, 4.69) is 15.9 Å². The maximum atomic E-state index is 5.86. The zero-order valence-electron chi connectivity index (χ0n) is 6.32. The van der Waals surface area contributed by atoms with Crippen molar-refractivity contribution in [1.82, 2.24) is 0 Å². The molecule has 1 nitrogen and oxygen atoms in total. The van der Waals surface area contributed by atoms with Crippen LogP contribution in [0.15, 0.2) is 16.6 Å². The monoisotopic (exact) mass is 234 g/mol. The lowest BCUT2D eigenvalue weighted by atomic mass is 10.2. The predicted octanol–water partition coefficient (Wildman–Crippen LogP) is 3.42. The standard InChI is InChI=1S/C8H8BrClO/c1-5-3-8(11-2)6(9)4-7(5)10/h3-4H,1-2H3. The smallest absolute Gasteiger partial charge is 0.133 e. The van der Waals surface area contributed by atoms with Crippen LogP contribution in [0.4, 0.5) is 0 Å². The lowest BCUT2D eigenvalue weighted by Crippen LogP contribution is -1.85. The van der Waals surface area contributed by atoms with E-state index < -0.39 is 0 Å². The van der Waals surface area contributed by atoms with Crippen molar-refractivity contribution in [2.24, 2.45) is 0 Å². The Morgan fingerprint density at radius 1 is 1.45 bits per heavy atom. The van der Waals surface area contributed by atoms with Gasteiger partial charge in [-0.2, -0.15) is 0 Å². The Balaban J connectivity index is 3.21. The summed E-state index contributed by atoms with van der Waals surface area (Å²) in [4.78, 5) is 0. The average Bonchev–Trinajstić information content (AvgIpc) is 1.97. The van der Waals surface area contributed by atoms with E-state index in [1.54, 1.807) is 7.11 Å². The van der Waals surface area contributed by atoms with Crippen LogP contribution in [0, 0.1) is 6.92 Å². The van der Waals surface area contributed by atoms with Gasteiger partial charge in [-0.25, -0.2) is 0 Å². The first kappa shape index (κ1) is 8.88. The first-order chi connectivity index (χ1) is 5.15. The fourth-order valence-corrected chi connectivity index (χ4v) is 1.59. The van der Waals surface area contributed by atoms with Gasteiger partial charge in [-0.05, 0) is 40.5 Å². The van der Waals surface area contributed by atoms with Crippen molar-refractivity contribution in [3.05, 3.63) is 27.2 Å². The molecule has 1 rings (SSSR count). The van der Waals surface area contributed by atoms with Gasteiger partial charge in [0.1, 0.15) is 5.75 Å². The van der Waals surface area contributed by atoms with Crippen LogP contribution < -0.4 is 4.74 Å². The fraction of sp³-hybridized carbons (Fsp3) is 0.250. The zero-order chi connectivity index (χ0) is 8.43. The molecule has 0 N–H and O–H groups in total. The molecule has 0 aliphatic rings. The van der Waals surface area contributed by atoms with Crippen LogP contribution in [-0.2, 0) is 0 Å². The summed E-state index contributed by atoms with van der Waals surface area (Å²) in [6.07, 6.45) is 0. The third-order valence-electron chi connectivity index (χ3n) is 1.43. The van der Waals surface area contributed by atoms with Crippen LogP contribution in [-0.4, -0.2) is 7.11 Å². The van der Waals surface area contributed by atoms with Gasteiger partial charge in [0.2, 0.25) is 0 Å².